The average molecular weight is 415 g/mol. The molecule has 2 amide bonds. The van der Waals surface area contributed by atoms with Gasteiger partial charge in [-0.25, -0.2) is 14.0 Å². The number of hydrogen-bond acceptors (Lipinski definition) is 5. The van der Waals surface area contributed by atoms with Crippen LogP contribution < -0.4 is 10.2 Å². The first-order chi connectivity index (χ1) is 14.4. The van der Waals surface area contributed by atoms with E-state index in [1.807, 2.05) is 4.90 Å². The Morgan fingerprint density at radius 3 is 2.33 bits per heavy atom. The van der Waals surface area contributed by atoms with Crippen molar-refractivity contribution in [2.24, 2.45) is 0 Å². The molecule has 1 aliphatic rings. The molecule has 0 aliphatic carbocycles. The number of carbonyl (C=O) groups excluding carboxylic acids is 2. The monoisotopic (exact) mass is 415 g/mol. The lowest BCUT2D eigenvalue weighted by atomic mass is 10.1. The minimum absolute atomic E-state index is 0.0384. The molecule has 0 aromatic heterocycles. The van der Waals surface area contributed by atoms with Crippen LogP contribution in [0.2, 0.25) is 0 Å². The van der Waals surface area contributed by atoms with Crippen molar-refractivity contribution in [1.82, 2.24) is 4.90 Å². The second-order valence-electron chi connectivity index (χ2n) is 6.67. The zero-order valence-electron chi connectivity index (χ0n) is 16.4. The van der Waals surface area contributed by atoms with Gasteiger partial charge < -0.3 is 25.0 Å². The summed E-state index contributed by atoms with van der Waals surface area (Å²) in [5.41, 5.74) is 1.12. The minimum Gasteiger partial charge on any atom is -0.478 e. The van der Waals surface area contributed by atoms with Crippen LogP contribution in [0.15, 0.2) is 42.5 Å². The van der Waals surface area contributed by atoms with Gasteiger partial charge in [-0.3, -0.25) is 4.79 Å². The molecule has 0 saturated carbocycles. The molecule has 2 aromatic carbocycles. The first kappa shape index (κ1) is 21.1. The van der Waals surface area contributed by atoms with Gasteiger partial charge in [0.2, 0.25) is 0 Å². The van der Waals surface area contributed by atoms with Gasteiger partial charge in [-0.2, -0.15) is 0 Å². The van der Waals surface area contributed by atoms with Crippen LogP contribution >= 0.6 is 0 Å². The summed E-state index contributed by atoms with van der Waals surface area (Å²) in [4.78, 5) is 39.4. The molecule has 9 heteroatoms. The van der Waals surface area contributed by atoms with Crippen molar-refractivity contribution in [2.45, 2.75) is 6.92 Å². The lowest BCUT2D eigenvalue weighted by Gasteiger charge is -2.36. The normalized spacial score (nSPS) is 13.7. The molecule has 1 aliphatic heterocycles. The summed E-state index contributed by atoms with van der Waals surface area (Å²) in [5, 5.41) is 12.3. The van der Waals surface area contributed by atoms with E-state index in [2.05, 4.69) is 5.32 Å². The van der Waals surface area contributed by atoms with Crippen LogP contribution in [-0.4, -0.2) is 60.8 Å². The number of aromatic carboxylic acids is 1. The standard InChI is InChI=1S/C21H22FN3O5/c1-2-30-21(29)25-11-9-24(10-12-25)18-8-7-16(13-17(18)20(27)28)23-19(26)14-3-5-15(22)6-4-14/h3-8,13H,2,9-12H2,1H3,(H,23,26)(H,27,28). The number of nitrogens with one attached hydrogen (secondary N) is 1. The number of piperazine rings is 1. The Hall–Kier alpha value is -3.62. The van der Waals surface area contributed by atoms with Crippen LogP contribution in [0.25, 0.3) is 0 Å². The van der Waals surface area contributed by atoms with E-state index < -0.39 is 17.7 Å². The number of halogens is 1. The van der Waals surface area contributed by atoms with E-state index in [9.17, 15) is 23.9 Å². The second kappa shape index (κ2) is 9.25. The summed E-state index contributed by atoms with van der Waals surface area (Å²) < 4.78 is 18.0. The van der Waals surface area contributed by atoms with Gasteiger partial charge in [0.1, 0.15) is 5.82 Å². The molecular weight excluding hydrogens is 393 g/mol. The van der Waals surface area contributed by atoms with Crippen molar-refractivity contribution in [2.75, 3.05) is 43.0 Å². The summed E-state index contributed by atoms with van der Waals surface area (Å²) >= 11 is 0. The van der Waals surface area contributed by atoms with Crippen molar-refractivity contribution < 1.29 is 28.6 Å². The third-order valence-corrected chi connectivity index (χ3v) is 4.74. The Morgan fingerprint density at radius 2 is 1.73 bits per heavy atom. The summed E-state index contributed by atoms with van der Waals surface area (Å²) in [5.74, 6) is -2.05. The number of anilines is 2. The molecule has 2 N–H and O–H groups in total. The maximum atomic E-state index is 13.0. The van der Waals surface area contributed by atoms with E-state index in [4.69, 9.17) is 4.74 Å². The van der Waals surface area contributed by atoms with Gasteiger partial charge in [-0.05, 0) is 49.4 Å². The highest BCUT2D eigenvalue weighted by molar-refractivity contribution is 6.05. The van der Waals surface area contributed by atoms with E-state index in [1.54, 1.807) is 24.0 Å². The van der Waals surface area contributed by atoms with E-state index in [0.29, 0.717) is 44.2 Å². The molecule has 0 atom stereocenters. The number of amides is 2. The molecule has 30 heavy (non-hydrogen) atoms. The zero-order chi connectivity index (χ0) is 21.7. The highest BCUT2D eigenvalue weighted by atomic mass is 19.1. The first-order valence-electron chi connectivity index (χ1n) is 9.50. The summed E-state index contributed by atoms with van der Waals surface area (Å²) in [6.45, 7) is 3.79. The van der Waals surface area contributed by atoms with Gasteiger partial charge in [0.15, 0.2) is 0 Å². The molecule has 0 unspecified atom stereocenters. The number of carbonyl (C=O) groups is 3. The number of carboxylic acid groups (broad SMARTS) is 1. The summed E-state index contributed by atoms with van der Waals surface area (Å²) in [7, 11) is 0. The third-order valence-electron chi connectivity index (χ3n) is 4.74. The average Bonchev–Trinajstić information content (AvgIpc) is 2.74. The molecule has 0 spiro atoms. The topological polar surface area (TPSA) is 99.2 Å². The maximum Gasteiger partial charge on any atom is 0.409 e. The lowest BCUT2D eigenvalue weighted by Crippen LogP contribution is -2.49. The highest BCUT2D eigenvalue weighted by Gasteiger charge is 2.25. The largest absolute Gasteiger partial charge is 0.478 e. The highest BCUT2D eigenvalue weighted by Crippen LogP contribution is 2.26. The maximum absolute atomic E-state index is 13.0. The quantitative estimate of drug-likeness (QED) is 0.779. The molecule has 2 aromatic rings. The fourth-order valence-electron chi connectivity index (χ4n) is 3.21. The molecule has 1 saturated heterocycles. The zero-order valence-corrected chi connectivity index (χ0v) is 16.4. The fourth-order valence-corrected chi connectivity index (χ4v) is 3.21. The number of ether oxygens (including phenoxy) is 1. The third kappa shape index (κ3) is 4.86. The van der Waals surface area contributed by atoms with E-state index in [-0.39, 0.29) is 17.2 Å². The predicted molar refractivity (Wildman–Crippen MR) is 109 cm³/mol. The SMILES string of the molecule is CCOC(=O)N1CCN(c2ccc(NC(=O)c3ccc(F)cc3)cc2C(=O)O)CC1. The molecule has 158 valence electrons. The van der Waals surface area contributed by atoms with Crippen molar-refractivity contribution in [3.8, 4) is 0 Å². The number of hydrogen-bond donors (Lipinski definition) is 2. The molecule has 8 nitrogen and oxygen atoms in total. The summed E-state index contributed by atoms with van der Waals surface area (Å²) in [6, 6.07) is 9.68. The Kier molecular flexibility index (Phi) is 6.51. The Balaban J connectivity index is 1.73. The van der Waals surface area contributed by atoms with Crippen LogP contribution in [0.4, 0.5) is 20.6 Å². The van der Waals surface area contributed by atoms with Crippen LogP contribution in [0.5, 0.6) is 0 Å². The molecule has 1 fully saturated rings. The number of nitrogens with zero attached hydrogens (tertiary/aromatic N) is 2. The van der Waals surface area contributed by atoms with Gasteiger partial charge in [0, 0.05) is 37.4 Å². The number of carboxylic acids is 1. The molecule has 0 bridgehead atoms. The van der Waals surface area contributed by atoms with Crippen LogP contribution in [0.3, 0.4) is 0 Å². The molecule has 0 radical (unpaired) electrons. The Morgan fingerprint density at radius 1 is 1.07 bits per heavy atom. The van der Waals surface area contributed by atoms with Crippen molar-refractivity contribution >= 4 is 29.3 Å². The van der Waals surface area contributed by atoms with E-state index >= 15 is 0 Å². The summed E-state index contributed by atoms with van der Waals surface area (Å²) in [6.07, 6.45) is -0.380. The molecular formula is C21H22FN3O5. The van der Waals surface area contributed by atoms with Crippen molar-refractivity contribution in [3.63, 3.8) is 0 Å². The second-order valence-corrected chi connectivity index (χ2v) is 6.67. The minimum atomic E-state index is -1.13. The Labute approximate surface area is 172 Å². The van der Waals surface area contributed by atoms with Crippen molar-refractivity contribution in [1.29, 1.82) is 0 Å². The van der Waals surface area contributed by atoms with E-state index in [0.717, 1.165) is 0 Å². The van der Waals surface area contributed by atoms with Gasteiger partial charge in [-0.1, -0.05) is 0 Å². The number of rotatable bonds is 5. The molecule has 3 rings (SSSR count). The smallest absolute Gasteiger partial charge is 0.409 e. The number of benzene rings is 2. The molecule has 1 heterocycles. The van der Waals surface area contributed by atoms with Crippen molar-refractivity contribution in [3.05, 3.63) is 59.4 Å². The van der Waals surface area contributed by atoms with Gasteiger partial charge in [0.05, 0.1) is 17.9 Å². The van der Waals surface area contributed by atoms with E-state index in [1.165, 1.54) is 30.3 Å². The van der Waals surface area contributed by atoms with Crippen LogP contribution in [0.1, 0.15) is 27.6 Å². The van der Waals surface area contributed by atoms with Gasteiger partial charge >= 0.3 is 12.1 Å². The van der Waals surface area contributed by atoms with Gasteiger partial charge in [-0.15, -0.1) is 0 Å². The predicted octanol–water partition coefficient (Wildman–Crippen LogP) is 3.05. The van der Waals surface area contributed by atoms with Crippen LogP contribution in [-0.2, 0) is 4.74 Å². The fraction of sp³-hybridized carbons (Fsp3) is 0.286. The first-order valence-corrected chi connectivity index (χ1v) is 9.50. The Bertz CT molecular complexity index is 940. The van der Waals surface area contributed by atoms with Crippen LogP contribution in [0, 0.1) is 5.82 Å². The lowest BCUT2D eigenvalue weighted by molar-refractivity contribution is 0.0696. The van der Waals surface area contributed by atoms with Gasteiger partial charge in [0.25, 0.3) is 5.91 Å².